The molecule has 1 unspecified atom stereocenters. The number of carboxylic acid groups (broad SMARTS) is 2. The van der Waals surface area contributed by atoms with Crippen molar-refractivity contribution in [1.82, 2.24) is 4.90 Å². The highest BCUT2D eigenvalue weighted by Gasteiger charge is 2.20. The molecular weight excluding hydrogens is 266 g/mol. The molecule has 20 heavy (non-hydrogen) atoms. The predicted octanol–water partition coefficient (Wildman–Crippen LogP) is -0.103. The number of ether oxygens (including phenoxy) is 1. The average molecular weight is 283 g/mol. The summed E-state index contributed by atoms with van der Waals surface area (Å²) in [5.41, 5.74) is 0. The van der Waals surface area contributed by atoms with E-state index in [4.69, 9.17) is 24.5 Å². The average Bonchev–Trinajstić information content (AvgIpc) is 3.22. The fourth-order valence-electron chi connectivity index (χ4n) is 1.31. The first kappa shape index (κ1) is 15.9. The summed E-state index contributed by atoms with van der Waals surface area (Å²) in [6, 6.07) is 9.58. The number of rotatable bonds is 5. The third kappa shape index (κ3) is 7.34. The van der Waals surface area contributed by atoms with E-state index < -0.39 is 11.9 Å². The normalized spacial score (nSPS) is 14.7. The zero-order chi connectivity index (χ0) is 15.0. The number of nitrogens with zero attached hydrogens (tertiary/aromatic N) is 1. The van der Waals surface area contributed by atoms with Gasteiger partial charge < -0.3 is 20.1 Å². The number of aliphatic hydroxyl groups is 1. The molecule has 0 saturated carbocycles. The molecule has 0 bridgehead atoms. The summed E-state index contributed by atoms with van der Waals surface area (Å²) < 4.78 is 5.42. The molecule has 1 saturated heterocycles. The first-order valence-electron chi connectivity index (χ1n) is 6.03. The third-order valence-electron chi connectivity index (χ3n) is 2.38. The van der Waals surface area contributed by atoms with Crippen molar-refractivity contribution in [2.75, 3.05) is 26.2 Å². The Kier molecular flexibility index (Phi) is 6.48. The fraction of sp³-hybridized carbons (Fsp3) is 0.385. The van der Waals surface area contributed by atoms with Crippen molar-refractivity contribution in [3.05, 3.63) is 30.3 Å². The van der Waals surface area contributed by atoms with Crippen molar-refractivity contribution < 1.29 is 29.6 Å². The van der Waals surface area contributed by atoms with Crippen LogP contribution >= 0.6 is 0 Å². The zero-order valence-corrected chi connectivity index (χ0v) is 10.8. The molecule has 0 spiro atoms. The lowest BCUT2D eigenvalue weighted by atomic mass is 10.3. The van der Waals surface area contributed by atoms with Crippen LogP contribution in [0.4, 0.5) is 0 Å². The van der Waals surface area contributed by atoms with Gasteiger partial charge in [0.25, 0.3) is 0 Å². The van der Waals surface area contributed by atoms with Crippen LogP contribution in [0.2, 0.25) is 0 Å². The lowest BCUT2D eigenvalue weighted by Gasteiger charge is -2.12. The van der Waals surface area contributed by atoms with Crippen LogP contribution in [0.25, 0.3) is 0 Å². The SMILES string of the molecule is O=C(O)C(=O)O.OC(COc1ccccc1)CN1CC1. The maximum Gasteiger partial charge on any atom is 0.414 e. The van der Waals surface area contributed by atoms with E-state index in [1.807, 2.05) is 30.3 Å². The van der Waals surface area contributed by atoms with Gasteiger partial charge in [-0.25, -0.2) is 9.59 Å². The second-order valence-corrected chi connectivity index (χ2v) is 4.19. The molecule has 1 aliphatic heterocycles. The maximum atomic E-state index is 9.55. The third-order valence-corrected chi connectivity index (χ3v) is 2.38. The van der Waals surface area contributed by atoms with Crippen LogP contribution in [0.15, 0.2) is 30.3 Å². The smallest absolute Gasteiger partial charge is 0.414 e. The highest BCUT2D eigenvalue weighted by molar-refractivity contribution is 6.27. The van der Waals surface area contributed by atoms with Crippen molar-refractivity contribution >= 4 is 11.9 Å². The minimum absolute atomic E-state index is 0.376. The van der Waals surface area contributed by atoms with E-state index in [-0.39, 0.29) is 6.10 Å². The second-order valence-electron chi connectivity index (χ2n) is 4.19. The Bertz CT molecular complexity index is 420. The van der Waals surface area contributed by atoms with Gasteiger partial charge in [-0.05, 0) is 12.1 Å². The number of benzene rings is 1. The molecule has 7 nitrogen and oxygen atoms in total. The Morgan fingerprint density at radius 1 is 1.15 bits per heavy atom. The molecule has 1 aliphatic rings. The number of carboxylic acids is 2. The minimum Gasteiger partial charge on any atom is -0.491 e. The minimum atomic E-state index is -1.82. The lowest BCUT2D eigenvalue weighted by Crippen LogP contribution is -2.25. The standard InChI is InChI=1S/C11H15NO2.C2H2O4/c13-10(8-12-6-7-12)9-14-11-4-2-1-3-5-11;3-1(4)2(5)6/h1-5,10,13H,6-9H2;(H,3,4)(H,5,6). The van der Waals surface area contributed by atoms with Gasteiger partial charge in [-0.2, -0.15) is 0 Å². The monoisotopic (exact) mass is 283 g/mol. The molecule has 3 N–H and O–H groups in total. The molecule has 110 valence electrons. The Morgan fingerprint density at radius 3 is 2.15 bits per heavy atom. The van der Waals surface area contributed by atoms with Gasteiger partial charge in [0.15, 0.2) is 0 Å². The predicted molar refractivity (Wildman–Crippen MR) is 69.7 cm³/mol. The molecule has 1 aromatic rings. The van der Waals surface area contributed by atoms with E-state index in [0.717, 1.165) is 25.4 Å². The molecule has 2 rings (SSSR count). The van der Waals surface area contributed by atoms with Gasteiger partial charge in [0.2, 0.25) is 0 Å². The van der Waals surface area contributed by atoms with Crippen molar-refractivity contribution in [3.8, 4) is 5.75 Å². The van der Waals surface area contributed by atoms with Crippen LogP contribution in [0.1, 0.15) is 0 Å². The first-order valence-corrected chi connectivity index (χ1v) is 6.03. The van der Waals surface area contributed by atoms with E-state index in [2.05, 4.69) is 4.90 Å². The molecule has 1 fully saturated rings. The first-order chi connectivity index (χ1) is 9.49. The lowest BCUT2D eigenvalue weighted by molar-refractivity contribution is -0.159. The molecule has 0 aliphatic carbocycles. The van der Waals surface area contributed by atoms with Gasteiger partial charge in [-0.15, -0.1) is 0 Å². The largest absolute Gasteiger partial charge is 0.491 e. The summed E-state index contributed by atoms with van der Waals surface area (Å²) in [7, 11) is 0. The molecule has 1 heterocycles. The number of aliphatic carboxylic acids is 2. The van der Waals surface area contributed by atoms with Crippen molar-refractivity contribution in [3.63, 3.8) is 0 Å². The fourth-order valence-corrected chi connectivity index (χ4v) is 1.31. The van der Waals surface area contributed by atoms with Crippen LogP contribution in [0.3, 0.4) is 0 Å². The van der Waals surface area contributed by atoms with E-state index in [1.54, 1.807) is 0 Å². The van der Waals surface area contributed by atoms with E-state index >= 15 is 0 Å². The molecule has 0 aromatic heterocycles. The van der Waals surface area contributed by atoms with Crippen LogP contribution < -0.4 is 4.74 Å². The van der Waals surface area contributed by atoms with E-state index in [9.17, 15) is 5.11 Å². The molecule has 7 heteroatoms. The number of aliphatic hydroxyl groups excluding tert-OH is 1. The summed E-state index contributed by atoms with van der Waals surface area (Å²) in [5.74, 6) is -2.83. The van der Waals surface area contributed by atoms with Gasteiger partial charge in [0, 0.05) is 19.6 Å². The van der Waals surface area contributed by atoms with Crippen LogP contribution in [0, 0.1) is 0 Å². The van der Waals surface area contributed by atoms with Crippen molar-refractivity contribution in [2.45, 2.75) is 6.10 Å². The van der Waals surface area contributed by atoms with E-state index in [0.29, 0.717) is 6.61 Å². The summed E-state index contributed by atoms with van der Waals surface area (Å²) >= 11 is 0. The van der Waals surface area contributed by atoms with Crippen LogP contribution in [0.5, 0.6) is 5.75 Å². The summed E-state index contributed by atoms with van der Waals surface area (Å²) in [4.78, 5) is 20.4. The Morgan fingerprint density at radius 2 is 1.70 bits per heavy atom. The Balaban J connectivity index is 0.000000286. The zero-order valence-electron chi connectivity index (χ0n) is 10.8. The van der Waals surface area contributed by atoms with E-state index in [1.165, 1.54) is 0 Å². The van der Waals surface area contributed by atoms with Gasteiger partial charge >= 0.3 is 11.9 Å². The van der Waals surface area contributed by atoms with Gasteiger partial charge in [-0.3, -0.25) is 4.90 Å². The topological polar surface area (TPSA) is 107 Å². The Hall–Kier alpha value is -2.12. The highest BCUT2D eigenvalue weighted by atomic mass is 16.5. The molecular formula is C13H17NO6. The maximum absolute atomic E-state index is 9.55. The second kappa shape index (κ2) is 8.13. The van der Waals surface area contributed by atoms with Crippen molar-refractivity contribution in [2.24, 2.45) is 0 Å². The number of hydrogen-bond acceptors (Lipinski definition) is 5. The quantitative estimate of drug-likeness (QED) is 0.511. The number of para-hydroxylation sites is 1. The van der Waals surface area contributed by atoms with Crippen LogP contribution in [-0.2, 0) is 9.59 Å². The Labute approximate surface area is 116 Å². The molecule has 1 aromatic carbocycles. The molecule has 1 atom stereocenters. The summed E-state index contributed by atoms with van der Waals surface area (Å²) in [6.45, 7) is 3.33. The number of carbonyl (C=O) groups is 2. The summed E-state index contributed by atoms with van der Waals surface area (Å²) in [5, 5.41) is 24.3. The van der Waals surface area contributed by atoms with Gasteiger partial charge in [-0.1, -0.05) is 18.2 Å². The number of hydrogen-bond donors (Lipinski definition) is 3. The summed E-state index contributed by atoms with van der Waals surface area (Å²) in [6.07, 6.45) is -0.377. The molecule has 0 radical (unpaired) electrons. The molecule has 0 amide bonds. The highest BCUT2D eigenvalue weighted by Crippen LogP contribution is 2.10. The number of β-amino-alcohol motifs (C(OH)–C–C–N with tert-alkyl or cyclic N) is 1. The van der Waals surface area contributed by atoms with Gasteiger partial charge in [0.05, 0.1) is 0 Å². The van der Waals surface area contributed by atoms with Crippen LogP contribution in [-0.4, -0.2) is 64.5 Å². The van der Waals surface area contributed by atoms with Gasteiger partial charge in [0.1, 0.15) is 18.5 Å². The van der Waals surface area contributed by atoms with Crippen molar-refractivity contribution in [1.29, 1.82) is 0 Å².